The molecule has 0 radical (unpaired) electrons. The molecule has 0 bridgehead atoms. The molecule has 9 nitrogen and oxygen atoms in total. The van der Waals surface area contributed by atoms with Gasteiger partial charge in [0.15, 0.2) is 0 Å². The van der Waals surface area contributed by atoms with Crippen LogP contribution in [0, 0.1) is 10.1 Å². The van der Waals surface area contributed by atoms with Crippen molar-refractivity contribution in [2.75, 3.05) is 37.3 Å². The van der Waals surface area contributed by atoms with Crippen LogP contribution in [0.15, 0.2) is 6.33 Å². The van der Waals surface area contributed by atoms with Crippen molar-refractivity contribution in [2.24, 2.45) is 0 Å². The van der Waals surface area contributed by atoms with Crippen molar-refractivity contribution in [1.29, 1.82) is 0 Å². The fourth-order valence-electron chi connectivity index (χ4n) is 1.96. The summed E-state index contributed by atoms with van der Waals surface area (Å²) in [4.78, 5) is 32.9. The largest absolute Gasteiger partial charge is 0.378 e. The summed E-state index contributed by atoms with van der Waals surface area (Å²) in [5, 5.41) is 11.0. The summed E-state index contributed by atoms with van der Waals surface area (Å²) < 4.78 is 0. The molecule has 19 heavy (non-hydrogen) atoms. The zero-order valence-electron chi connectivity index (χ0n) is 10.4. The van der Waals surface area contributed by atoms with E-state index in [1.807, 2.05) is 0 Å². The highest BCUT2D eigenvalue weighted by molar-refractivity contribution is 5.83. The topological polar surface area (TPSA) is 118 Å². The number of nitro groups is 1. The van der Waals surface area contributed by atoms with E-state index in [-0.39, 0.29) is 29.8 Å². The third-order valence-electron chi connectivity index (χ3n) is 2.99. The average molecular weight is 266 g/mol. The quantitative estimate of drug-likeness (QED) is 0.573. The third kappa shape index (κ3) is 2.54. The Hall–Kier alpha value is -2.45. The van der Waals surface area contributed by atoms with E-state index in [9.17, 15) is 14.9 Å². The average Bonchev–Trinajstić information content (AvgIpc) is 2.51. The Morgan fingerprint density at radius 2 is 2.16 bits per heavy atom. The van der Waals surface area contributed by atoms with Crippen LogP contribution < -0.4 is 10.6 Å². The molecule has 1 aliphatic rings. The fourth-order valence-corrected chi connectivity index (χ4v) is 1.96. The van der Waals surface area contributed by atoms with E-state index >= 15 is 0 Å². The fraction of sp³-hybridized carbons (Fsp3) is 0.500. The van der Waals surface area contributed by atoms with E-state index in [1.165, 1.54) is 0 Å². The summed E-state index contributed by atoms with van der Waals surface area (Å²) in [6, 6.07) is 0. The number of likely N-dealkylation sites (N-methyl/N-ethyl adjacent to an activating group) is 1. The molecule has 9 heteroatoms. The lowest BCUT2D eigenvalue weighted by atomic mass is 10.3. The SMILES string of the molecule is CN1CCCN(c2ncnc(N)c2[N+](=O)[O-])CC1=O. The van der Waals surface area contributed by atoms with Crippen LogP contribution in [0.4, 0.5) is 17.3 Å². The first kappa shape index (κ1) is 13.0. The highest BCUT2D eigenvalue weighted by atomic mass is 16.6. The first-order valence-electron chi connectivity index (χ1n) is 5.74. The second kappa shape index (κ2) is 5.04. The van der Waals surface area contributed by atoms with Gasteiger partial charge in [0.05, 0.1) is 11.5 Å². The summed E-state index contributed by atoms with van der Waals surface area (Å²) in [7, 11) is 1.70. The number of carbonyl (C=O) groups excluding carboxylic acids is 1. The Bertz CT molecular complexity index is 520. The molecule has 1 amide bonds. The number of nitrogen functional groups attached to an aromatic ring is 1. The van der Waals surface area contributed by atoms with Crippen molar-refractivity contribution in [2.45, 2.75) is 6.42 Å². The van der Waals surface area contributed by atoms with Crippen LogP contribution in [0.5, 0.6) is 0 Å². The number of hydrogen-bond donors (Lipinski definition) is 1. The minimum Gasteiger partial charge on any atom is -0.378 e. The maximum Gasteiger partial charge on any atom is 0.353 e. The Morgan fingerprint density at radius 3 is 2.84 bits per heavy atom. The summed E-state index contributed by atoms with van der Waals surface area (Å²) in [6.45, 7) is 1.17. The van der Waals surface area contributed by atoms with E-state index < -0.39 is 4.92 Å². The summed E-state index contributed by atoms with van der Waals surface area (Å²) in [5.41, 5.74) is 5.17. The predicted molar refractivity (Wildman–Crippen MR) is 67.6 cm³/mol. The molecule has 0 unspecified atom stereocenters. The molecule has 0 saturated carbocycles. The first-order valence-corrected chi connectivity index (χ1v) is 5.74. The minimum atomic E-state index is -0.621. The molecule has 1 aromatic heterocycles. The highest BCUT2D eigenvalue weighted by Crippen LogP contribution is 2.30. The summed E-state index contributed by atoms with van der Waals surface area (Å²) in [6.07, 6.45) is 1.88. The van der Waals surface area contributed by atoms with Gasteiger partial charge in [-0.05, 0) is 6.42 Å². The van der Waals surface area contributed by atoms with Gasteiger partial charge in [0, 0.05) is 20.1 Å². The Labute approximate surface area is 109 Å². The van der Waals surface area contributed by atoms with Gasteiger partial charge in [-0.15, -0.1) is 0 Å². The lowest BCUT2D eigenvalue weighted by Gasteiger charge is -2.20. The van der Waals surface area contributed by atoms with Crippen LogP contribution in [-0.2, 0) is 4.79 Å². The molecule has 1 aliphatic heterocycles. The van der Waals surface area contributed by atoms with Crippen LogP contribution in [0.2, 0.25) is 0 Å². The van der Waals surface area contributed by atoms with E-state index in [0.717, 1.165) is 6.33 Å². The second-order valence-electron chi connectivity index (χ2n) is 4.28. The van der Waals surface area contributed by atoms with Gasteiger partial charge in [-0.1, -0.05) is 0 Å². The van der Waals surface area contributed by atoms with E-state index in [4.69, 9.17) is 5.73 Å². The van der Waals surface area contributed by atoms with Crippen molar-refractivity contribution >= 4 is 23.2 Å². The number of anilines is 2. The normalized spacial score (nSPS) is 16.4. The molecule has 2 N–H and O–H groups in total. The molecule has 0 aliphatic carbocycles. The van der Waals surface area contributed by atoms with Crippen LogP contribution in [0.3, 0.4) is 0 Å². The van der Waals surface area contributed by atoms with Crippen molar-refractivity contribution in [3.63, 3.8) is 0 Å². The van der Waals surface area contributed by atoms with Crippen LogP contribution >= 0.6 is 0 Å². The minimum absolute atomic E-state index is 0.0494. The Kier molecular flexibility index (Phi) is 3.45. The summed E-state index contributed by atoms with van der Waals surface area (Å²) >= 11 is 0. The highest BCUT2D eigenvalue weighted by Gasteiger charge is 2.28. The second-order valence-corrected chi connectivity index (χ2v) is 4.28. The van der Waals surface area contributed by atoms with Crippen LogP contribution in [-0.4, -0.2) is 52.4 Å². The molecular weight excluding hydrogens is 252 g/mol. The van der Waals surface area contributed by atoms with Crippen molar-refractivity contribution < 1.29 is 9.72 Å². The van der Waals surface area contributed by atoms with Crippen molar-refractivity contribution in [1.82, 2.24) is 14.9 Å². The molecule has 1 saturated heterocycles. The molecular formula is C10H14N6O3. The Morgan fingerprint density at radius 1 is 1.42 bits per heavy atom. The molecule has 2 rings (SSSR count). The molecule has 0 aromatic carbocycles. The standard InChI is InChI=1S/C10H14N6O3/c1-14-3-2-4-15(5-7(14)17)10-8(16(18)19)9(11)12-6-13-10/h6H,2-5H2,1H3,(H2,11,12,13). The number of hydrogen-bond acceptors (Lipinski definition) is 7. The number of nitrogens with zero attached hydrogens (tertiary/aromatic N) is 5. The van der Waals surface area contributed by atoms with Gasteiger partial charge in [-0.3, -0.25) is 14.9 Å². The van der Waals surface area contributed by atoms with Gasteiger partial charge in [0.1, 0.15) is 6.33 Å². The van der Waals surface area contributed by atoms with E-state index in [1.54, 1.807) is 16.8 Å². The maximum absolute atomic E-state index is 11.8. The number of nitrogens with two attached hydrogens (primary N) is 1. The van der Waals surface area contributed by atoms with Gasteiger partial charge in [0.25, 0.3) is 0 Å². The van der Waals surface area contributed by atoms with Crippen molar-refractivity contribution in [3.8, 4) is 0 Å². The number of aromatic nitrogens is 2. The van der Waals surface area contributed by atoms with Gasteiger partial charge in [0.2, 0.25) is 17.5 Å². The molecule has 0 spiro atoms. The van der Waals surface area contributed by atoms with Crippen LogP contribution in [0.25, 0.3) is 0 Å². The predicted octanol–water partition coefficient (Wildman–Crippen LogP) is -0.365. The van der Waals surface area contributed by atoms with Gasteiger partial charge in [-0.2, -0.15) is 0 Å². The third-order valence-corrected chi connectivity index (χ3v) is 2.99. The zero-order chi connectivity index (χ0) is 14.0. The van der Waals surface area contributed by atoms with E-state index in [2.05, 4.69) is 9.97 Å². The lowest BCUT2D eigenvalue weighted by Crippen LogP contribution is -2.35. The molecule has 102 valence electrons. The van der Waals surface area contributed by atoms with Crippen molar-refractivity contribution in [3.05, 3.63) is 16.4 Å². The summed E-state index contributed by atoms with van der Waals surface area (Å²) in [5.74, 6) is -0.204. The molecule has 1 fully saturated rings. The van der Waals surface area contributed by atoms with Gasteiger partial charge >= 0.3 is 5.69 Å². The lowest BCUT2D eigenvalue weighted by molar-refractivity contribution is -0.383. The molecule has 0 atom stereocenters. The smallest absolute Gasteiger partial charge is 0.353 e. The first-order chi connectivity index (χ1) is 9.00. The number of carbonyl (C=O) groups is 1. The molecule has 1 aromatic rings. The maximum atomic E-state index is 11.8. The number of amides is 1. The zero-order valence-corrected chi connectivity index (χ0v) is 10.4. The monoisotopic (exact) mass is 266 g/mol. The van der Waals surface area contributed by atoms with Gasteiger partial charge in [-0.25, -0.2) is 9.97 Å². The van der Waals surface area contributed by atoms with Crippen LogP contribution in [0.1, 0.15) is 6.42 Å². The number of rotatable bonds is 2. The van der Waals surface area contributed by atoms with Gasteiger partial charge < -0.3 is 15.5 Å². The Balaban J connectivity index is 2.38. The van der Waals surface area contributed by atoms with E-state index in [0.29, 0.717) is 19.5 Å². The molecule has 2 heterocycles.